The Balaban J connectivity index is 2.97. The summed E-state index contributed by atoms with van der Waals surface area (Å²) in [5.74, 6) is 0.662. The molecule has 1 aromatic rings. The summed E-state index contributed by atoms with van der Waals surface area (Å²) < 4.78 is 0.947. The summed E-state index contributed by atoms with van der Waals surface area (Å²) in [6.07, 6.45) is 0. The van der Waals surface area contributed by atoms with Crippen molar-refractivity contribution in [2.45, 2.75) is 11.8 Å². The molecule has 76 valence electrons. The molecule has 0 atom stereocenters. The second-order valence-corrected chi connectivity index (χ2v) is 4.82. The van der Waals surface area contributed by atoms with Crippen LogP contribution in [-0.2, 0) is 0 Å². The van der Waals surface area contributed by atoms with Gasteiger partial charge in [0.15, 0.2) is 5.78 Å². The van der Waals surface area contributed by atoms with Crippen molar-refractivity contribution in [3.05, 3.63) is 28.2 Å². The number of carbonyl (C=O) groups excluding carboxylic acids is 1. The summed E-state index contributed by atoms with van der Waals surface area (Å²) in [5.41, 5.74) is 0.714. The van der Waals surface area contributed by atoms with Gasteiger partial charge < -0.3 is 5.11 Å². The number of carbonyl (C=O) groups is 1. The Hall–Kier alpha value is -0.320. The van der Waals surface area contributed by atoms with E-state index in [9.17, 15) is 4.79 Å². The largest absolute Gasteiger partial charge is 0.396 e. The van der Waals surface area contributed by atoms with Crippen LogP contribution in [0.15, 0.2) is 27.6 Å². The second kappa shape index (κ2) is 5.53. The maximum Gasteiger partial charge on any atom is 0.160 e. The van der Waals surface area contributed by atoms with Gasteiger partial charge >= 0.3 is 0 Å². The third-order valence-corrected chi connectivity index (χ3v) is 3.20. The fraction of sp³-hybridized carbons (Fsp3) is 0.300. The summed E-state index contributed by atoms with van der Waals surface area (Å²) in [5, 5.41) is 8.71. The van der Waals surface area contributed by atoms with Crippen molar-refractivity contribution in [1.82, 2.24) is 0 Å². The highest BCUT2D eigenvalue weighted by atomic mass is 79.9. The molecule has 0 saturated heterocycles. The molecule has 0 aliphatic rings. The molecular weight excluding hydrogens is 264 g/mol. The first-order valence-electron chi connectivity index (χ1n) is 4.19. The molecule has 0 aliphatic heterocycles. The highest BCUT2D eigenvalue weighted by Crippen LogP contribution is 2.26. The van der Waals surface area contributed by atoms with Gasteiger partial charge in [-0.3, -0.25) is 4.79 Å². The summed E-state index contributed by atoms with van der Waals surface area (Å²) in [6, 6.07) is 5.54. The molecule has 0 unspecified atom stereocenters. The van der Waals surface area contributed by atoms with E-state index in [2.05, 4.69) is 15.9 Å². The molecule has 14 heavy (non-hydrogen) atoms. The standard InChI is InChI=1S/C10H11BrO2S/c1-7(13)9-3-2-8(11)6-10(9)14-5-4-12/h2-3,6,12H,4-5H2,1H3. The molecule has 0 heterocycles. The van der Waals surface area contributed by atoms with Gasteiger partial charge in [0.1, 0.15) is 0 Å². The first-order valence-corrected chi connectivity index (χ1v) is 5.97. The number of ketones is 1. The lowest BCUT2D eigenvalue weighted by molar-refractivity contribution is 0.101. The quantitative estimate of drug-likeness (QED) is 0.678. The molecule has 2 nitrogen and oxygen atoms in total. The van der Waals surface area contributed by atoms with E-state index in [0.717, 1.165) is 9.37 Å². The van der Waals surface area contributed by atoms with Crippen LogP contribution in [0, 0.1) is 0 Å². The molecule has 0 fully saturated rings. The Morgan fingerprint density at radius 1 is 1.57 bits per heavy atom. The number of Topliss-reactive ketones (excluding diaryl/α,β-unsaturated/α-hetero) is 1. The topological polar surface area (TPSA) is 37.3 Å². The van der Waals surface area contributed by atoms with E-state index < -0.39 is 0 Å². The maximum atomic E-state index is 11.2. The van der Waals surface area contributed by atoms with Crippen molar-refractivity contribution >= 4 is 33.5 Å². The van der Waals surface area contributed by atoms with Gasteiger partial charge in [0.25, 0.3) is 0 Å². The lowest BCUT2D eigenvalue weighted by Crippen LogP contribution is -1.96. The minimum atomic E-state index is 0.0536. The number of rotatable bonds is 4. The van der Waals surface area contributed by atoms with Gasteiger partial charge in [0.2, 0.25) is 0 Å². The zero-order valence-corrected chi connectivity index (χ0v) is 10.2. The summed E-state index contributed by atoms with van der Waals surface area (Å²) in [4.78, 5) is 12.2. The smallest absolute Gasteiger partial charge is 0.160 e. The number of thioether (sulfide) groups is 1. The Morgan fingerprint density at radius 3 is 2.86 bits per heavy atom. The average Bonchev–Trinajstić information content (AvgIpc) is 2.14. The monoisotopic (exact) mass is 274 g/mol. The summed E-state index contributed by atoms with van der Waals surface area (Å²) >= 11 is 4.84. The third-order valence-electron chi connectivity index (χ3n) is 1.67. The van der Waals surface area contributed by atoms with E-state index in [4.69, 9.17) is 5.11 Å². The first-order chi connectivity index (χ1) is 6.65. The van der Waals surface area contributed by atoms with Crippen molar-refractivity contribution in [2.75, 3.05) is 12.4 Å². The van der Waals surface area contributed by atoms with Crippen LogP contribution in [-0.4, -0.2) is 23.2 Å². The predicted octanol–water partition coefficient (Wildman–Crippen LogP) is 2.74. The molecule has 4 heteroatoms. The van der Waals surface area contributed by atoms with Crippen molar-refractivity contribution in [1.29, 1.82) is 0 Å². The van der Waals surface area contributed by atoms with Gasteiger partial charge in [-0.25, -0.2) is 0 Å². The lowest BCUT2D eigenvalue weighted by atomic mass is 10.1. The average molecular weight is 275 g/mol. The van der Waals surface area contributed by atoms with Crippen molar-refractivity contribution < 1.29 is 9.90 Å². The fourth-order valence-corrected chi connectivity index (χ4v) is 2.46. The van der Waals surface area contributed by atoms with E-state index in [0.29, 0.717) is 11.3 Å². The molecule has 1 rings (SSSR count). The minimum absolute atomic E-state index is 0.0536. The van der Waals surface area contributed by atoms with Crippen LogP contribution >= 0.6 is 27.7 Å². The van der Waals surface area contributed by atoms with Crippen LogP contribution in [0.5, 0.6) is 0 Å². The van der Waals surface area contributed by atoms with E-state index in [1.165, 1.54) is 11.8 Å². The summed E-state index contributed by atoms with van der Waals surface area (Å²) in [7, 11) is 0. The van der Waals surface area contributed by atoms with E-state index in [1.807, 2.05) is 12.1 Å². The molecule has 0 amide bonds. The van der Waals surface area contributed by atoms with E-state index >= 15 is 0 Å². The molecule has 0 aliphatic carbocycles. The number of hydrogen-bond acceptors (Lipinski definition) is 3. The second-order valence-electron chi connectivity index (χ2n) is 2.77. The lowest BCUT2D eigenvalue weighted by Gasteiger charge is -2.05. The Kier molecular flexibility index (Phi) is 4.65. The van der Waals surface area contributed by atoms with Gasteiger partial charge in [0.05, 0.1) is 6.61 Å². The molecule has 0 aromatic heterocycles. The number of aliphatic hydroxyl groups excluding tert-OH is 1. The highest BCUT2D eigenvalue weighted by molar-refractivity contribution is 9.10. The van der Waals surface area contributed by atoms with Gasteiger partial charge in [0, 0.05) is 20.7 Å². The Morgan fingerprint density at radius 2 is 2.29 bits per heavy atom. The van der Waals surface area contributed by atoms with E-state index in [-0.39, 0.29) is 12.4 Å². The molecule has 0 saturated carbocycles. The maximum absolute atomic E-state index is 11.2. The number of benzene rings is 1. The number of aliphatic hydroxyl groups is 1. The molecular formula is C10H11BrO2S. The van der Waals surface area contributed by atoms with Crippen LogP contribution in [0.3, 0.4) is 0 Å². The van der Waals surface area contributed by atoms with Gasteiger partial charge in [-0.15, -0.1) is 11.8 Å². The van der Waals surface area contributed by atoms with Crippen molar-refractivity contribution in [2.24, 2.45) is 0 Å². The number of hydrogen-bond donors (Lipinski definition) is 1. The molecule has 1 N–H and O–H groups in total. The SMILES string of the molecule is CC(=O)c1ccc(Br)cc1SCCO. The Labute approximate surface area is 95.8 Å². The van der Waals surface area contributed by atoms with Crippen molar-refractivity contribution in [3.8, 4) is 0 Å². The van der Waals surface area contributed by atoms with Gasteiger partial charge in [-0.05, 0) is 25.1 Å². The minimum Gasteiger partial charge on any atom is -0.396 e. The van der Waals surface area contributed by atoms with Crippen LogP contribution in [0.2, 0.25) is 0 Å². The first kappa shape index (κ1) is 11.8. The zero-order valence-electron chi connectivity index (χ0n) is 7.79. The highest BCUT2D eigenvalue weighted by Gasteiger charge is 2.07. The van der Waals surface area contributed by atoms with Crippen LogP contribution in [0.25, 0.3) is 0 Å². The molecule has 0 spiro atoms. The van der Waals surface area contributed by atoms with E-state index in [1.54, 1.807) is 13.0 Å². The third kappa shape index (κ3) is 3.12. The zero-order chi connectivity index (χ0) is 10.6. The predicted molar refractivity (Wildman–Crippen MR) is 62.0 cm³/mol. The molecule has 0 radical (unpaired) electrons. The van der Waals surface area contributed by atoms with Crippen molar-refractivity contribution in [3.63, 3.8) is 0 Å². The normalized spacial score (nSPS) is 10.2. The Bertz CT molecular complexity index is 339. The number of halogens is 1. The van der Waals surface area contributed by atoms with Crippen LogP contribution in [0.4, 0.5) is 0 Å². The fourth-order valence-electron chi connectivity index (χ4n) is 1.06. The van der Waals surface area contributed by atoms with Crippen LogP contribution < -0.4 is 0 Å². The van der Waals surface area contributed by atoms with Gasteiger partial charge in [-0.2, -0.15) is 0 Å². The molecule has 1 aromatic carbocycles. The van der Waals surface area contributed by atoms with Gasteiger partial charge in [-0.1, -0.05) is 15.9 Å². The van der Waals surface area contributed by atoms with Crippen LogP contribution in [0.1, 0.15) is 17.3 Å². The molecule has 0 bridgehead atoms. The summed E-state index contributed by atoms with van der Waals surface area (Å²) in [6.45, 7) is 1.67.